The average Bonchev–Trinajstić information content (AvgIpc) is 2.40. The van der Waals surface area contributed by atoms with Crippen LogP contribution in [0.25, 0.3) is 0 Å². The number of esters is 1. The van der Waals surface area contributed by atoms with Crippen LogP contribution in [0.2, 0.25) is 0 Å². The molecule has 0 aliphatic heterocycles. The monoisotopic (exact) mass is 250 g/mol. The fraction of sp³-hybridized carbons (Fsp3) is 0.385. The van der Waals surface area contributed by atoms with E-state index in [9.17, 15) is 9.59 Å². The maximum Gasteiger partial charge on any atom is 0.337 e. The van der Waals surface area contributed by atoms with Gasteiger partial charge in [-0.2, -0.15) is 0 Å². The van der Waals surface area contributed by atoms with Crippen molar-refractivity contribution in [3.63, 3.8) is 0 Å². The minimum Gasteiger partial charge on any atom is -0.465 e. The minimum absolute atomic E-state index is 0.106. The number of nitrogens with two attached hydrogens (primary N) is 1. The molecule has 0 fully saturated rings. The van der Waals surface area contributed by atoms with Gasteiger partial charge in [0.05, 0.1) is 18.6 Å². The summed E-state index contributed by atoms with van der Waals surface area (Å²) in [5.74, 6) is -0.697. The van der Waals surface area contributed by atoms with Gasteiger partial charge in [0.2, 0.25) is 5.91 Å². The number of amides is 1. The van der Waals surface area contributed by atoms with Crippen LogP contribution in [0.3, 0.4) is 0 Å². The molecule has 1 aromatic carbocycles. The highest BCUT2D eigenvalue weighted by atomic mass is 16.5. The number of hydrogen-bond donors (Lipinski definition) is 2. The van der Waals surface area contributed by atoms with Crippen LogP contribution in [0.15, 0.2) is 24.3 Å². The van der Waals surface area contributed by atoms with Crippen LogP contribution in [0, 0.1) is 5.92 Å². The summed E-state index contributed by atoms with van der Waals surface area (Å²) >= 11 is 0. The summed E-state index contributed by atoms with van der Waals surface area (Å²) in [7, 11) is 1.32. The molecule has 0 aliphatic rings. The summed E-state index contributed by atoms with van der Waals surface area (Å²) in [6.07, 6.45) is 0.697. The number of rotatable bonds is 5. The average molecular weight is 250 g/mol. The van der Waals surface area contributed by atoms with E-state index in [-0.39, 0.29) is 11.8 Å². The molecule has 1 atom stereocenters. The van der Waals surface area contributed by atoms with E-state index in [0.29, 0.717) is 24.2 Å². The highest BCUT2D eigenvalue weighted by Gasteiger charge is 2.14. The Bertz CT molecular complexity index is 411. The van der Waals surface area contributed by atoms with Crippen LogP contribution in [-0.4, -0.2) is 25.5 Å². The van der Waals surface area contributed by atoms with Crippen LogP contribution in [-0.2, 0) is 9.53 Å². The van der Waals surface area contributed by atoms with E-state index in [1.54, 1.807) is 24.3 Å². The van der Waals surface area contributed by atoms with Gasteiger partial charge in [0, 0.05) is 12.2 Å². The van der Waals surface area contributed by atoms with Gasteiger partial charge in [0.25, 0.3) is 0 Å². The summed E-state index contributed by atoms with van der Waals surface area (Å²) in [6, 6.07) is 6.52. The van der Waals surface area contributed by atoms with Crippen molar-refractivity contribution in [1.29, 1.82) is 0 Å². The summed E-state index contributed by atoms with van der Waals surface area (Å²) in [4.78, 5) is 23.0. The third kappa shape index (κ3) is 3.56. The number of ether oxygens (including phenoxy) is 1. The number of anilines is 1. The third-order valence-electron chi connectivity index (χ3n) is 2.72. The molecule has 0 saturated carbocycles. The molecular weight excluding hydrogens is 232 g/mol. The van der Waals surface area contributed by atoms with Crippen molar-refractivity contribution in [3.05, 3.63) is 29.8 Å². The van der Waals surface area contributed by atoms with E-state index in [4.69, 9.17) is 5.73 Å². The first kappa shape index (κ1) is 14.2. The topological polar surface area (TPSA) is 81.4 Å². The molecule has 5 nitrogen and oxygen atoms in total. The van der Waals surface area contributed by atoms with Crippen molar-refractivity contribution < 1.29 is 14.3 Å². The largest absolute Gasteiger partial charge is 0.465 e. The van der Waals surface area contributed by atoms with E-state index in [1.807, 2.05) is 6.92 Å². The van der Waals surface area contributed by atoms with Gasteiger partial charge >= 0.3 is 5.97 Å². The third-order valence-corrected chi connectivity index (χ3v) is 2.72. The zero-order valence-electron chi connectivity index (χ0n) is 10.6. The molecule has 1 amide bonds. The normalized spacial score (nSPS) is 11.7. The zero-order valence-corrected chi connectivity index (χ0v) is 10.6. The molecule has 18 heavy (non-hydrogen) atoms. The van der Waals surface area contributed by atoms with Gasteiger partial charge in [-0.1, -0.05) is 6.92 Å². The molecule has 1 unspecified atom stereocenters. The van der Waals surface area contributed by atoms with Crippen molar-refractivity contribution in [1.82, 2.24) is 0 Å². The molecule has 0 radical (unpaired) electrons. The highest BCUT2D eigenvalue weighted by Crippen LogP contribution is 2.12. The lowest BCUT2D eigenvalue weighted by Crippen LogP contribution is -2.28. The van der Waals surface area contributed by atoms with Gasteiger partial charge in [-0.05, 0) is 30.7 Å². The first-order valence-electron chi connectivity index (χ1n) is 5.81. The number of hydrogen-bond acceptors (Lipinski definition) is 4. The number of nitrogens with one attached hydrogen (secondary N) is 1. The summed E-state index contributed by atoms with van der Waals surface area (Å²) in [6.45, 7) is 2.24. The highest BCUT2D eigenvalue weighted by molar-refractivity contribution is 5.94. The molecule has 0 aromatic heterocycles. The number of carbonyl (C=O) groups is 2. The first-order chi connectivity index (χ1) is 8.62. The van der Waals surface area contributed by atoms with Gasteiger partial charge in [-0.15, -0.1) is 0 Å². The second-order valence-electron chi connectivity index (χ2n) is 3.90. The quantitative estimate of drug-likeness (QED) is 0.774. The fourth-order valence-corrected chi connectivity index (χ4v) is 1.51. The number of carbonyl (C=O) groups excluding carboxylic acids is 2. The van der Waals surface area contributed by atoms with E-state index in [1.165, 1.54) is 7.11 Å². The van der Waals surface area contributed by atoms with Gasteiger partial charge in [0.1, 0.15) is 0 Å². The Morgan fingerprint density at radius 2 is 1.94 bits per heavy atom. The van der Waals surface area contributed by atoms with Crippen LogP contribution < -0.4 is 11.1 Å². The van der Waals surface area contributed by atoms with Crippen molar-refractivity contribution in [2.45, 2.75) is 13.3 Å². The molecule has 5 heteroatoms. The standard InChI is InChI=1S/C13H18N2O3/c1-3-9(8-14)12(16)15-11-6-4-10(5-7-11)13(17)18-2/h4-7,9H,3,8,14H2,1-2H3,(H,15,16). The Balaban J connectivity index is 2.69. The predicted octanol–water partition coefficient (Wildman–Crippen LogP) is 1.40. The number of benzene rings is 1. The molecular formula is C13H18N2O3. The predicted molar refractivity (Wildman–Crippen MR) is 69.2 cm³/mol. The van der Waals surface area contributed by atoms with Crippen LogP contribution in [0.1, 0.15) is 23.7 Å². The van der Waals surface area contributed by atoms with Gasteiger partial charge < -0.3 is 15.8 Å². The first-order valence-corrected chi connectivity index (χ1v) is 5.81. The fourth-order valence-electron chi connectivity index (χ4n) is 1.51. The van der Waals surface area contributed by atoms with E-state index >= 15 is 0 Å². The van der Waals surface area contributed by atoms with Crippen LogP contribution in [0.4, 0.5) is 5.69 Å². The second-order valence-corrected chi connectivity index (χ2v) is 3.90. The van der Waals surface area contributed by atoms with Crippen molar-refractivity contribution in [2.24, 2.45) is 11.7 Å². The maximum atomic E-state index is 11.8. The Kier molecular flexibility index (Phi) is 5.32. The van der Waals surface area contributed by atoms with E-state index < -0.39 is 5.97 Å². The Morgan fingerprint density at radius 1 is 1.33 bits per heavy atom. The molecule has 1 aromatic rings. The molecule has 0 bridgehead atoms. The lowest BCUT2D eigenvalue weighted by atomic mass is 10.1. The van der Waals surface area contributed by atoms with Crippen LogP contribution >= 0.6 is 0 Å². The van der Waals surface area contributed by atoms with Gasteiger partial charge in [0.15, 0.2) is 0 Å². The lowest BCUT2D eigenvalue weighted by molar-refractivity contribution is -0.119. The lowest BCUT2D eigenvalue weighted by Gasteiger charge is -2.12. The minimum atomic E-state index is -0.402. The van der Waals surface area contributed by atoms with Crippen molar-refractivity contribution in [2.75, 3.05) is 19.0 Å². The summed E-state index contributed by atoms with van der Waals surface area (Å²) < 4.78 is 4.59. The van der Waals surface area contributed by atoms with Crippen LogP contribution in [0.5, 0.6) is 0 Å². The SMILES string of the molecule is CCC(CN)C(=O)Nc1ccc(C(=O)OC)cc1. The van der Waals surface area contributed by atoms with Crippen molar-refractivity contribution in [3.8, 4) is 0 Å². The Hall–Kier alpha value is -1.88. The Labute approximate surface area is 106 Å². The summed E-state index contributed by atoms with van der Waals surface area (Å²) in [5.41, 5.74) is 6.58. The maximum absolute atomic E-state index is 11.8. The van der Waals surface area contributed by atoms with Crippen molar-refractivity contribution >= 4 is 17.6 Å². The molecule has 0 spiro atoms. The molecule has 98 valence electrons. The molecule has 0 saturated heterocycles. The second kappa shape index (κ2) is 6.76. The molecule has 0 aliphatic carbocycles. The molecule has 1 rings (SSSR count). The summed E-state index contributed by atoms with van der Waals surface area (Å²) in [5, 5.41) is 2.76. The van der Waals surface area contributed by atoms with E-state index in [2.05, 4.69) is 10.1 Å². The van der Waals surface area contributed by atoms with Gasteiger partial charge in [-0.25, -0.2) is 4.79 Å². The Morgan fingerprint density at radius 3 is 2.39 bits per heavy atom. The smallest absolute Gasteiger partial charge is 0.337 e. The number of methoxy groups -OCH3 is 1. The molecule has 0 heterocycles. The molecule has 3 N–H and O–H groups in total. The van der Waals surface area contributed by atoms with E-state index in [0.717, 1.165) is 0 Å². The van der Waals surface area contributed by atoms with Gasteiger partial charge in [-0.3, -0.25) is 4.79 Å². The zero-order chi connectivity index (χ0) is 13.5.